The van der Waals surface area contributed by atoms with Crippen molar-refractivity contribution < 1.29 is 14.4 Å². The Labute approximate surface area is 136 Å². The van der Waals surface area contributed by atoms with Gasteiger partial charge in [-0.05, 0) is 20.1 Å². The van der Waals surface area contributed by atoms with E-state index in [2.05, 4.69) is 28.9 Å². The fraction of sp³-hybridized carbons (Fsp3) is 0.818. The lowest BCUT2D eigenvalue weighted by Gasteiger charge is -2.34. The van der Waals surface area contributed by atoms with E-state index in [9.17, 15) is 9.90 Å². The quantitative estimate of drug-likeness (QED) is 0.616. The topological polar surface area (TPSA) is 62.1 Å². The Balaban J connectivity index is 4.77. The van der Waals surface area contributed by atoms with Gasteiger partial charge in [0, 0.05) is 15.5 Å². The third-order valence-corrected chi connectivity index (χ3v) is 7.95. The van der Waals surface area contributed by atoms with Crippen molar-refractivity contribution in [3.63, 3.8) is 0 Å². The minimum absolute atomic E-state index is 0.0155. The largest absolute Gasteiger partial charge is 0.391 e. The molecule has 10 heteroatoms. The van der Waals surface area contributed by atoms with Gasteiger partial charge in [0.25, 0.3) is 7.09 Å². The van der Waals surface area contributed by atoms with Gasteiger partial charge in [-0.25, -0.2) is 0 Å². The zero-order chi connectivity index (χ0) is 16.6. The van der Waals surface area contributed by atoms with Crippen LogP contribution in [0.4, 0.5) is 0 Å². The van der Waals surface area contributed by atoms with Crippen molar-refractivity contribution in [2.45, 2.75) is 39.0 Å². The smallest absolute Gasteiger partial charge is 0.264 e. The summed E-state index contributed by atoms with van der Waals surface area (Å²) in [5.41, 5.74) is 0. The average molecular weight is 389 g/mol. The van der Waals surface area contributed by atoms with Crippen LogP contribution in [0.15, 0.2) is 4.74 Å². The number of rotatable bonds is 9. The maximum Gasteiger partial charge on any atom is 0.264 e. The van der Waals surface area contributed by atoms with E-state index in [4.69, 9.17) is 4.52 Å². The van der Waals surface area contributed by atoms with E-state index in [1.165, 1.54) is 0 Å². The van der Waals surface area contributed by atoms with Crippen LogP contribution < -0.4 is 0 Å². The van der Waals surface area contributed by atoms with Crippen molar-refractivity contribution in [1.82, 2.24) is 4.90 Å². The third-order valence-electron chi connectivity index (χ3n) is 3.18. The van der Waals surface area contributed by atoms with Crippen LogP contribution in [0.25, 0.3) is 0 Å². The molecule has 0 aromatic rings. The van der Waals surface area contributed by atoms with Crippen LogP contribution in [-0.4, -0.2) is 54.1 Å². The number of nitrogens with zero attached hydrogens (tertiary/aromatic N) is 2. The van der Waals surface area contributed by atoms with Crippen LogP contribution in [0, 0.1) is 5.92 Å². The highest BCUT2D eigenvalue weighted by Crippen LogP contribution is 2.47. The van der Waals surface area contributed by atoms with Gasteiger partial charge in [0.2, 0.25) is 5.91 Å². The van der Waals surface area contributed by atoms with Crippen molar-refractivity contribution in [2.24, 2.45) is 10.7 Å². The highest BCUT2D eigenvalue weighted by Gasteiger charge is 2.30. The molecule has 7 unspecified atom stereocenters. The fourth-order valence-electron chi connectivity index (χ4n) is 1.78. The molecule has 21 heavy (non-hydrogen) atoms. The molecule has 0 aromatic heterocycles. The molecule has 0 rings (SSSR count). The van der Waals surface area contributed by atoms with Crippen LogP contribution in [0.1, 0.15) is 20.8 Å². The summed E-state index contributed by atoms with van der Waals surface area (Å²) in [4.78, 5) is 14.1. The molecule has 0 aromatic carbocycles. The number of aliphatic hydroxyl groups excluding tert-OH is 1. The Hall–Kier alpha value is 0.950. The predicted molar refractivity (Wildman–Crippen MR) is 104 cm³/mol. The standard InChI is InChI=1S/C11H26N2O3P5/c1-7(6-12-21(18)19-5)11(15)13(4)8(2)10(9(3)14)16-20-17/h7-10,14,20H,5-6,17-18H2,1-4H3/q+1/t7?,8-,9?,10?/m0/s1. The SMILES string of the molecule is C=P[P+](P)=NCC(C)C(=O)N(C)[C@@H](C)C(OPP)C(C)O. The molecular formula is C11H26N2O3P5+. The second kappa shape index (κ2) is 11.5. The van der Waals surface area contributed by atoms with Crippen molar-refractivity contribution >= 4 is 53.5 Å². The van der Waals surface area contributed by atoms with E-state index in [0.29, 0.717) is 6.54 Å². The molecule has 8 atom stereocenters. The van der Waals surface area contributed by atoms with Gasteiger partial charge in [0.1, 0.15) is 15.0 Å². The summed E-state index contributed by atoms with van der Waals surface area (Å²) in [6.07, 6.45) is 2.76. The Kier molecular flexibility index (Phi) is 12.0. The number of likely N-dealkylation sites (N-methyl/N-ethyl adjacent to an activating group) is 1. The molecule has 0 bridgehead atoms. The predicted octanol–water partition coefficient (Wildman–Crippen LogP) is 3.37. The van der Waals surface area contributed by atoms with Gasteiger partial charge in [-0.15, -0.1) is 0 Å². The highest BCUT2D eigenvalue weighted by molar-refractivity contribution is 8.42. The Bertz CT molecular complexity index is 381. The Morgan fingerprint density at radius 2 is 2.14 bits per heavy atom. The number of aliphatic hydroxyl groups is 1. The lowest BCUT2D eigenvalue weighted by Crippen LogP contribution is -2.49. The lowest BCUT2D eigenvalue weighted by molar-refractivity contribution is -0.138. The second-order valence-corrected chi connectivity index (χ2v) is 12.1. The van der Waals surface area contributed by atoms with Crippen LogP contribution in [0.3, 0.4) is 0 Å². The van der Waals surface area contributed by atoms with Gasteiger partial charge in [-0.2, -0.15) is 0 Å². The van der Waals surface area contributed by atoms with Crippen molar-refractivity contribution in [3.05, 3.63) is 0 Å². The van der Waals surface area contributed by atoms with E-state index in [1.54, 1.807) is 18.9 Å². The van der Waals surface area contributed by atoms with Crippen molar-refractivity contribution in [2.75, 3.05) is 13.6 Å². The van der Waals surface area contributed by atoms with Gasteiger partial charge in [-0.1, -0.05) is 20.6 Å². The first-order chi connectivity index (χ1) is 9.76. The van der Waals surface area contributed by atoms with Crippen molar-refractivity contribution in [1.29, 1.82) is 0 Å². The molecule has 0 aliphatic heterocycles. The van der Waals surface area contributed by atoms with Gasteiger partial charge in [0.15, 0.2) is 7.89 Å². The number of hydrogen-bond acceptors (Lipinski definition) is 4. The van der Waals surface area contributed by atoms with E-state index in [-0.39, 0.29) is 26.4 Å². The normalized spacial score (nSPS) is 18.7. The lowest BCUT2D eigenvalue weighted by atomic mass is 10.0. The molecule has 0 radical (unpaired) electrons. The van der Waals surface area contributed by atoms with Gasteiger partial charge in [-0.3, -0.25) is 4.79 Å². The molecule has 1 amide bonds. The summed E-state index contributed by atoms with van der Waals surface area (Å²) >= 11 is 0. The molecule has 122 valence electrons. The maximum atomic E-state index is 12.4. The number of hydrogen-bond donors (Lipinski definition) is 1. The molecule has 5 nitrogen and oxygen atoms in total. The first kappa shape index (κ1) is 21.9. The van der Waals surface area contributed by atoms with Gasteiger partial charge < -0.3 is 14.5 Å². The summed E-state index contributed by atoms with van der Waals surface area (Å²) < 4.78 is 9.99. The van der Waals surface area contributed by atoms with E-state index >= 15 is 0 Å². The fourth-order valence-corrected chi connectivity index (χ4v) is 4.07. The van der Waals surface area contributed by atoms with Crippen LogP contribution >= 0.6 is 41.3 Å². The summed E-state index contributed by atoms with van der Waals surface area (Å²) in [6.45, 7) is 5.94. The zero-order valence-corrected chi connectivity index (χ0v) is 18.0. The minimum atomic E-state index is -0.631. The summed E-state index contributed by atoms with van der Waals surface area (Å²) in [5, 5.41) is 9.80. The average Bonchev–Trinajstić information content (AvgIpc) is 2.47. The van der Waals surface area contributed by atoms with Gasteiger partial charge in [0.05, 0.1) is 24.6 Å². The molecule has 0 aliphatic rings. The van der Waals surface area contributed by atoms with E-state index in [1.807, 2.05) is 13.8 Å². The second-order valence-electron chi connectivity index (χ2n) is 4.82. The van der Waals surface area contributed by atoms with E-state index in [0.717, 1.165) is 7.89 Å². The van der Waals surface area contributed by atoms with Crippen molar-refractivity contribution in [3.8, 4) is 0 Å². The molecule has 0 spiro atoms. The van der Waals surface area contributed by atoms with Gasteiger partial charge >= 0.3 is 0 Å². The summed E-state index contributed by atoms with van der Waals surface area (Å²) in [6, 6.07) is -0.198. The first-order valence-corrected chi connectivity index (χ1v) is 13.9. The zero-order valence-electron chi connectivity index (χ0n) is 12.9. The highest BCUT2D eigenvalue weighted by atomic mass is 32.4. The molecule has 0 aliphatic carbocycles. The molecule has 0 saturated carbocycles. The maximum absolute atomic E-state index is 12.4. The summed E-state index contributed by atoms with van der Waals surface area (Å²) in [5.74, 6) is -0.167. The molecule has 0 saturated heterocycles. The molecular weight excluding hydrogens is 363 g/mol. The molecule has 0 heterocycles. The van der Waals surface area contributed by atoms with E-state index < -0.39 is 19.3 Å². The number of amides is 1. The monoisotopic (exact) mass is 389 g/mol. The Morgan fingerprint density at radius 3 is 2.57 bits per heavy atom. The first-order valence-electron chi connectivity index (χ1n) is 6.51. The van der Waals surface area contributed by atoms with Crippen LogP contribution in [0.2, 0.25) is 0 Å². The number of carbonyl (C=O) groups excluding carboxylic acids is 1. The number of carbonyl (C=O) groups is 1. The molecule has 0 fully saturated rings. The Morgan fingerprint density at radius 1 is 1.57 bits per heavy atom. The third kappa shape index (κ3) is 7.85. The minimum Gasteiger partial charge on any atom is -0.391 e. The molecule has 1 N–H and O–H groups in total. The van der Waals surface area contributed by atoms with Crippen LogP contribution in [0.5, 0.6) is 0 Å². The van der Waals surface area contributed by atoms with Crippen LogP contribution in [-0.2, 0) is 9.32 Å². The summed E-state index contributed by atoms with van der Waals surface area (Å²) in [7, 11) is 7.55.